The Bertz CT molecular complexity index is 781. The molecule has 1 aliphatic heterocycles. The Morgan fingerprint density at radius 1 is 1.15 bits per heavy atom. The number of amides is 2. The van der Waals surface area contributed by atoms with E-state index in [0.29, 0.717) is 13.1 Å². The molecule has 4 rings (SSSR count). The van der Waals surface area contributed by atoms with Gasteiger partial charge in [-0.2, -0.15) is 0 Å². The normalized spacial score (nSPS) is 20.7. The van der Waals surface area contributed by atoms with Crippen LogP contribution < -0.4 is 5.32 Å². The van der Waals surface area contributed by atoms with Crippen molar-refractivity contribution in [2.75, 3.05) is 6.54 Å². The molecule has 1 aliphatic carbocycles. The molecular formula is C20H25N3O2S2. The van der Waals surface area contributed by atoms with Gasteiger partial charge >= 0.3 is 0 Å². The summed E-state index contributed by atoms with van der Waals surface area (Å²) >= 11 is 3.27. The van der Waals surface area contributed by atoms with Gasteiger partial charge in [-0.1, -0.05) is 25.3 Å². The molecule has 144 valence electrons. The van der Waals surface area contributed by atoms with Crippen LogP contribution in [0.15, 0.2) is 22.9 Å². The fourth-order valence-electron chi connectivity index (χ4n) is 4.08. The molecule has 2 fully saturated rings. The van der Waals surface area contributed by atoms with Gasteiger partial charge in [-0.15, -0.1) is 22.7 Å². The van der Waals surface area contributed by atoms with Gasteiger partial charge in [-0.25, -0.2) is 4.98 Å². The molecule has 2 amide bonds. The number of carbonyl (C=O) groups is 2. The van der Waals surface area contributed by atoms with Crippen molar-refractivity contribution in [2.24, 2.45) is 5.92 Å². The molecule has 1 atom stereocenters. The molecular weight excluding hydrogens is 378 g/mol. The number of nitrogens with one attached hydrogen (secondary N) is 1. The van der Waals surface area contributed by atoms with Crippen LogP contribution in [0.5, 0.6) is 0 Å². The van der Waals surface area contributed by atoms with Crippen molar-refractivity contribution in [1.29, 1.82) is 0 Å². The number of aromatic nitrogens is 1. The van der Waals surface area contributed by atoms with Gasteiger partial charge in [-0.3, -0.25) is 9.59 Å². The Morgan fingerprint density at radius 2 is 2.00 bits per heavy atom. The van der Waals surface area contributed by atoms with Crippen LogP contribution in [0.2, 0.25) is 0 Å². The molecule has 0 spiro atoms. The van der Waals surface area contributed by atoms with E-state index in [1.54, 1.807) is 22.7 Å². The van der Waals surface area contributed by atoms with E-state index in [4.69, 9.17) is 0 Å². The van der Waals surface area contributed by atoms with E-state index in [-0.39, 0.29) is 23.8 Å². The van der Waals surface area contributed by atoms with E-state index in [1.165, 1.54) is 6.42 Å². The lowest BCUT2D eigenvalue weighted by molar-refractivity contribution is -0.142. The Morgan fingerprint density at radius 3 is 2.78 bits per heavy atom. The second-order valence-electron chi connectivity index (χ2n) is 7.36. The smallest absolute Gasteiger partial charge is 0.243 e. The van der Waals surface area contributed by atoms with Gasteiger partial charge in [-0.05, 0) is 37.1 Å². The molecule has 2 aliphatic rings. The number of thiazole rings is 1. The number of carbonyl (C=O) groups excluding carboxylic acids is 2. The zero-order valence-corrected chi connectivity index (χ0v) is 17.0. The molecule has 1 saturated carbocycles. The topological polar surface area (TPSA) is 62.3 Å². The first kappa shape index (κ1) is 18.6. The highest BCUT2D eigenvalue weighted by Gasteiger charge is 2.37. The minimum Gasteiger partial charge on any atom is -0.349 e. The summed E-state index contributed by atoms with van der Waals surface area (Å²) in [6.45, 7) is 1.13. The molecule has 0 aromatic carbocycles. The van der Waals surface area contributed by atoms with Crippen molar-refractivity contribution in [3.63, 3.8) is 0 Å². The second-order valence-corrected chi connectivity index (χ2v) is 9.17. The summed E-state index contributed by atoms with van der Waals surface area (Å²) in [5.74, 6) is 0.280. The third-order valence-corrected chi connectivity index (χ3v) is 7.45. The lowest BCUT2D eigenvalue weighted by Crippen LogP contribution is -2.48. The Hall–Kier alpha value is -1.73. The van der Waals surface area contributed by atoms with Gasteiger partial charge in [0.1, 0.15) is 11.0 Å². The van der Waals surface area contributed by atoms with Crippen LogP contribution in [-0.2, 0) is 16.1 Å². The number of hydrogen-bond donors (Lipinski definition) is 1. The Labute approximate surface area is 167 Å². The molecule has 0 radical (unpaired) electrons. The molecule has 27 heavy (non-hydrogen) atoms. The van der Waals surface area contributed by atoms with Gasteiger partial charge in [0, 0.05) is 17.8 Å². The number of likely N-dealkylation sites (tertiary alicyclic amines) is 1. The molecule has 7 heteroatoms. The van der Waals surface area contributed by atoms with E-state index in [9.17, 15) is 9.59 Å². The molecule has 2 aromatic rings. The van der Waals surface area contributed by atoms with Gasteiger partial charge in [0.25, 0.3) is 0 Å². The maximum atomic E-state index is 12.9. The number of nitrogens with zero attached hydrogens (tertiary/aromatic N) is 2. The first-order chi connectivity index (χ1) is 13.2. The Kier molecular flexibility index (Phi) is 5.88. The van der Waals surface area contributed by atoms with Gasteiger partial charge in [0.05, 0.1) is 17.1 Å². The van der Waals surface area contributed by atoms with Crippen LogP contribution in [0.4, 0.5) is 0 Å². The summed E-state index contributed by atoms with van der Waals surface area (Å²) in [6.07, 6.45) is 7.14. The van der Waals surface area contributed by atoms with E-state index in [1.807, 2.05) is 21.7 Å². The highest BCUT2D eigenvalue weighted by Crippen LogP contribution is 2.29. The van der Waals surface area contributed by atoms with E-state index < -0.39 is 0 Å². The molecule has 1 unspecified atom stereocenters. The first-order valence-electron chi connectivity index (χ1n) is 9.79. The maximum absolute atomic E-state index is 12.9. The highest BCUT2D eigenvalue weighted by molar-refractivity contribution is 7.20. The highest BCUT2D eigenvalue weighted by atomic mass is 32.1. The lowest BCUT2D eigenvalue weighted by atomic mass is 9.88. The summed E-state index contributed by atoms with van der Waals surface area (Å²) in [5.41, 5.74) is 0.875. The SMILES string of the molecule is O=C(NCc1csc(-c2cccs2)n1)C1CCCN1C(=O)C1CCCCC1. The predicted octanol–water partition coefficient (Wildman–Crippen LogP) is 4.06. The van der Waals surface area contributed by atoms with Crippen LogP contribution in [0.3, 0.4) is 0 Å². The van der Waals surface area contributed by atoms with Crippen LogP contribution in [-0.4, -0.2) is 34.3 Å². The maximum Gasteiger partial charge on any atom is 0.243 e. The summed E-state index contributed by atoms with van der Waals surface area (Å²) < 4.78 is 0. The first-order valence-corrected chi connectivity index (χ1v) is 11.5. The predicted molar refractivity (Wildman–Crippen MR) is 109 cm³/mol. The minimum atomic E-state index is -0.310. The minimum absolute atomic E-state index is 0.0395. The van der Waals surface area contributed by atoms with Crippen molar-refractivity contribution in [3.05, 3.63) is 28.6 Å². The van der Waals surface area contributed by atoms with Crippen molar-refractivity contribution < 1.29 is 9.59 Å². The lowest BCUT2D eigenvalue weighted by Gasteiger charge is -2.30. The van der Waals surface area contributed by atoms with Crippen molar-refractivity contribution in [3.8, 4) is 9.88 Å². The van der Waals surface area contributed by atoms with Gasteiger partial charge in [0.15, 0.2) is 0 Å². The zero-order valence-electron chi connectivity index (χ0n) is 15.4. The average molecular weight is 404 g/mol. The summed E-state index contributed by atoms with van der Waals surface area (Å²) in [7, 11) is 0. The Balaban J connectivity index is 1.34. The fraction of sp³-hybridized carbons (Fsp3) is 0.550. The van der Waals surface area contributed by atoms with E-state index in [0.717, 1.165) is 54.1 Å². The van der Waals surface area contributed by atoms with Crippen molar-refractivity contribution in [1.82, 2.24) is 15.2 Å². The summed E-state index contributed by atoms with van der Waals surface area (Å²) in [4.78, 5) is 33.2. The number of thiophene rings is 1. The molecule has 5 nitrogen and oxygen atoms in total. The van der Waals surface area contributed by atoms with E-state index in [2.05, 4.69) is 16.4 Å². The zero-order chi connectivity index (χ0) is 18.6. The average Bonchev–Trinajstić information content (AvgIpc) is 3.47. The molecule has 1 saturated heterocycles. The third-order valence-electron chi connectivity index (χ3n) is 5.52. The number of hydrogen-bond acceptors (Lipinski definition) is 5. The van der Waals surface area contributed by atoms with Crippen LogP contribution in [0.1, 0.15) is 50.6 Å². The van der Waals surface area contributed by atoms with Crippen molar-refractivity contribution in [2.45, 2.75) is 57.5 Å². The van der Waals surface area contributed by atoms with E-state index >= 15 is 0 Å². The third kappa shape index (κ3) is 4.24. The van der Waals surface area contributed by atoms with Crippen LogP contribution in [0, 0.1) is 5.92 Å². The van der Waals surface area contributed by atoms with Gasteiger partial charge in [0.2, 0.25) is 11.8 Å². The second kappa shape index (κ2) is 8.52. The molecule has 2 aromatic heterocycles. The molecule has 1 N–H and O–H groups in total. The standard InChI is InChI=1S/C20H25N3O2S2/c24-18(21-12-15-13-27-19(22-15)17-9-5-11-26-17)16-8-4-10-23(16)20(25)14-6-2-1-3-7-14/h5,9,11,13-14,16H,1-4,6-8,10,12H2,(H,21,24). The van der Waals surface area contributed by atoms with Gasteiger partial charge < -0.3 is 10.2 Å². The van der Waals surface area contributed by atoms with Crippen LogP contribution in [0.25, 0.3) is 9.88 Å². The fourth-order valence-corrected chi connectivity index (χ4v) is 5.72. The summed E-state index contributed by atoms with van der Waals surface area (Å²) in [5, 5.41) is 8.02. The quantitative estimate of drug-likeness (QED) is 0.819. The molecule has 0 bridgehead atoms. The number of rotatable bonds is 5. The van der Waals surface area contributed by atoms with Crippen molar-refractivity contribution >= 4 is 34.5 Å². The monoisotopic (exact) mass is 403 g/mol. The molecule has 3 heterocycles. The largest absolute Gasteiger partial charge is 0.349 e. The summed E-state index contributed by atoms with van der Waals surface area (Å²) in [6, 6.07) is 3.76. The van der Waals surface area contributed by atoms with Crippen LogP contribution >= 0.6 is 22.7 Å².